The molecule has 2 aromatic rings. The fourth-order valence-electron chi connectivity index (χ4n) is 1.93. The quantitative estimate of drug-likeness (QED) is 0.680. The van der Waals surface area contributed by atoms with Crippen LogP contribution in [0.2, 0.25) is 0 Å². The molecule has 1 atom stereocenters. The van der Waals surface area contributed by atoms with Crippen LogP contribution in [0.25, 0.3) is 0 Å². The number of nitrogens with zero attached hydrogens (tertiary/aromatic N) is 1. The number of rotatable bonds is 5. The summed E-state index contributed by atoms with van der Waals surface area (Å²) in [5.74, 6) is -0.877. The largest absolute Gasteiger partial charge is 0.448 e. The summed E-state index contributed by atoms with van der Waals surface area (Å²) in [4.78, 5) is 25.1. The van der Waals surface area contributed by atoms with E-state index in [0.29, 0.717) is 11.4 Å². The van der Waals surface area contributed by atoms with Crippen LogP contribution in [0.5, 0.6) is 0 Å². The molecule has 0 fully saturated rings. The number of hydrogen-bond acceptors (Lipinski definition) is 4. The lowest BCUT2D eigenvalue weighted by molar-refractivity contribution is -0.123. The molecule has 1 aromatic heterocycles. The number of aryl methyl sites for hydroxylation is 1. The summed E-state index contributed by atoms with van der Waals surface area (Å²) in [6.07, 6.45) is 2.80. The first-order valence-corrected chi connectivity index (χ1v) is 8.01. The first-order chi connectivity index (χ1) is 10.5. The molecule has 5 nitrogen and oxygen atoms in total. The molecule has 1 amide bonds. The van der Waals surface area contributed by atoms with E-state index in [1.165, 1.54) is 11.8 Å². The molecule has 0 spiro atoms. The SMILES string of the molecule is CSc1ccccc1NC(=O)C(C)OC(=O)c1cccn1C. The highest BCUT2D eigenvalue weighted by Crippen LogP contribution is 2.24. The zero-order valence-corrected chi connectivity index (χ0v) is 13.5. The minimum Gasteiger partial charge on any atom is -0.448 e. The van der Waals surface area contributed by atoms with Crippen molar-refractivity contribution in [2.24, 2.45) is 7.05 Å². The minimum absolute atomic E-state index is 0.357. The average molecular weight is 318 g/mol. The van der Waals surface area contributed by atoms with E-state index in [4.69, 9.17) is 4.74 Å². The molecular formula is C16H18N2O3S. The lowest BCUT2D eigenvalue weighted by atomic mass is 10.3. The summed E-state index contributed by atoms with van der Waals surface area (Å²) in [6.45, 7) is 1.55. The van der Waals surface area contributed by atoms with Crippen LogP contribution in [0.4, 0.5) is 5.69 Å². The molecule has 116 valence electrons. The Bertz CT molecular complexity index is 682. The Morgan fingerprint density at radius 1 is 1.23 bits per heavy atom. The van der Waals surface area contributed by atoms with E-state index >= 15 is 0 Å². The summed E-state index contributed by atoms with van der Waals surface area (Å²) in [5.41, 5.74) is 1.12. The molecule has 22 heavy (non-hydrogen) atoms. The van der Waals surface area contributed by atoms with Gasteiger partial charge in [-0.2, -0.15) is 0 Å². The number of carbonyl (C=O) groups excluding carboxylic acids is 2. The molecule has 1 aromatic carbocycles. The van der Waals surface area contributed by atoms with Crippen molar-refractivity contribution in [3.63, 3.8) is 0 Å². The van der Waals surface area contributed by atoms with Crippen LogP contribution in [0.3, 0.4) is 0 Å². The lowest BCUT2D eigenvalue weighted by Crippen LogP contribution is -2.30. The second-order valence-corrected chi connectivity index (χ2v) is 5.59. The number of nitrogens with one attached hydrogen (secondary N) is 1. The van der Waals surface area contributed by atoms with E-state index in [2.05, 4.69) is 5.32 Å². The van der Waals surface area contributed by atoms with E-state index in [-0.39, 0.29) is 5.91 Å². The van der Waals surface area contributed by atoms with Crippen molar-refractivity contribution in [3.05, 3.63) is 48.3 Å². The molecule has 1 N–H and O–H groups in total. The second kappa shape index (κ2) is 7.17. The zero-order valence-electron chi connectivity index (χ0n) is 12.7. The minimum atomic E-state index is -0.877. The third kappa shape index (κ3) is 3.71. The van der Waals surface area contributed by atoms with E-state index in [9.17, 15) is 9.59 Å². The fourth-order valence-corrected chi connectivity index (χ4v) is 2.48. The number of amides is 1. The maximum Gasteiger partial charge on any atom is 0.355 e. The van der Waals surface area contributed by atoms with Gasteiger partial charge in [-0.05, 0) is 37.4 Å². The van der Waals surface area contributed by atoms with Gasteiger partial charge < -0.3 is 14.6 Å². The van der Waals surface area contributed by atoms with Crippen LogP contribution >= 0.6 is 11.8 Å². The number of benzene rings is 1. The molecule has 0 bridgehead atoms. The number of para-hydroxylation sites is 1. The maximum atomic E-state index is 12.2. The van der Waals surface area contributed by atoms with Gasteiger partial charge in [-0.1, -0.05) is 12.1 Å². The van der Waals surface area contributed by atoms with Crippen molar-refractivity contribution >= 4 is 29.3 Å². The van der Waals surface area contributed by atoms with Gasteiger partial charge in [0.2, 0.25) is 0 Å². The van der Waals surface area contributed by atoms with E-state index in [1.54, 1.807) is 36.9 Å². The predicted molar refractivity (Wildman–Crippen MR) is 87.1 cm³/mol. The average Bonchev–Trinajstić information content (AvgIpc) is 2.93. The normalized spacial score (nSPS) is 11.8. The Labute approximate surface area is 133 Å². The highest BCUT2D eigenvalue weighted by atomic mass is 32.2. The zero-order chi connectivity index (χ0) is 16.1. The Hall–Kier alpha value is -2.21. The number of thioether (sulfide) groups is 1. The van der Waals surface area contributed by atoms with Crippen LogP contribution in [-0.4, -0.2) is 28.8 Å². The lowest BCUT2D eigenvalue weighted by Gasteiger charge is -2.15. The van der Waals surface area contributed by atoms with Crippen molar-refractivity contribution in [1.29, 1.82) is 0 Å². The Kier molecular flexibility index (Phi) is 5.27. The van der Waals surface area contributed by atoms with Gasteiger partial charge in [-0.3, -0.25) is 4.79 Å². The highest BCUT2D eigenvalue weighted by Gasteiger charge is 2.20. The predicted octanol–water partition coefficient (Wildman–Crippen LogP) is 2.93. The van der Waals surface area contributed by atoms with Crippen molar-refractivity contribution < 1.29 is 14.3 Å². The molecule has 0 aliphatic carbocycles. The van der Waals surface area contributed by atoms with Crippen molar-refractivity contribution in [1.82, 2.24) is 4.57 Å². The molecule has 0 aliphatic heterocycles. The number of hydrogen-bond donors (Lipinski definition) is 1. The van der Waals surface area contributed by atoms with Gasteiger partial charge in [0.1, 0.15) is 5.69 Å². The van der Waals surface area contributed by atoms with Gasteiger partial charge in [0.05, 0.1) is 5.69 Å². The summed E-state index contributed by atoms with van der Waals surface area (Å²) >= 11 is 1.54. The van der Waals surface area contributed by atoms with E-state index < -0.39 is 12.1 Å². The summed E-state index contributed by atoms with van der Waals surface area (Å²) in [6, 6.07) is 10.9. The molecule has 6 heteroatoms. The maximum absolute atomic E-state index is 12.2. The number of ether oxygens (including phenoxy) is 1. The standard InChI is InChI=1S/C16H18N2O3S/c1-11(21-16(20)13-8-6-10-18(13)2)15(19)17-12-7-4-5-9-14(12)22-3/h4-11H,1-3H3,(H,17,19). The molecule has 1 heterocycles. The third-order valence-corrected chi connectivity index (χ3v) is 3.97. The third-order valence-electron chi connectivity index (χ3n) is 3.17. The van der Waals surface area contributed by atoms with Gasteiger partial charge >= 0.3 is 5.97 Å². The van der Waals surface area contributed by atoms with Crippen molar-refractivity contribution in [3.8, 4) is 0 Å². The molecule has 0 radical (unpaired) electrons. The summed E-state index contributed by atoms with van der Waals surface area (Å²) in [5, 5.41) is 2.78. The van der Waals surface area contributed by atoms with E-state index in [0.717, 1.165) is 4.90 Å². The Morgan fingerprint density at radius 2 is 1.95 bits per heavy atom. The van der Waals surface area contributed by atoms with Crippen molar-refractivity contribution in [2.75, 3.05) is 11.6 Å². The topological polar surface area (TPSA) is 60.3 Å². The van der Waals surface area contributed by atoms with E-state index in [1.807, 2.05) is 30.5 Å². The van der Waals surface area contributed by atoms with Crippen LogP contribution in [0.15, 0.2) is 47.5 Å². The molecule has 0 saturated carbocycles. The highest BCUT2D eigenvalue weighted by molar-refractivity contribution is 7.98. The van der Waals surface area contributed by atoms with Gasteiger partial charge in [0.15, 0.2) is 6.10 Å². The second-order valence-electron chi connectivity index (χ2n) is 4.74. The van der Waals surface area contributed by atoms with Crippen LogP contribution in [-0.2, 0) is 16.6 Å². The number of esters is 1. The van der Waals surface area contributed by atoms with Gasteiger partial charge in [0.25, 0.3) is 5.91 Å². The Morgan fingerprint density at radius 3 is 2.59 bits per heavy atom. The molecule has 1 unspecified atom stereocenters. The van der Waals surface area contributed by atoms with Crippen LogP contribution in [0, 0.1) is 0 Å². The molecular weight excluding hydrogens is 300 g/mol. The van der Waals surface area contributed by atoms with Gasteiger partial charge in [0, 0.05) is 18.1 Å². The van der Waals surface area contributed by atoms with Crippen LogP contribution in [0.1, 0.15) is 17.4 Å². The number of carbonyl (C=O) groups is 2. The smallest absolute Gasteiger partial charge is 0.355 e. The van der Waals surface area contributed by atoms with Crippen LogP contribution < -0.4 is 5.32 Å². The summed E-state index contributed by atoms with van der Waals surface area (Å²) in [7, 11) is 1.75. The Balaban J connectivity index is 2.01. The van der Waals surface area contributed by atoms with Crippen molar-refractivity contribution in [2.45, 2.75) is 17.9 Å². The molecule has 2 rings (SSSR count). The number of aromatic nitrogens is 1. The number of anilines is 1. The monoisotopic (exact) mass is 318 g/mol. The fraction of sp³-hybridized carbons (Fsp3) is 0.250. The first-order valence-electron chi connectivity index (χ1n) is 6.79. The molecule has 0 saturated heterocycles. The van der Waals surface area contributed by atoms with Gasteiger partial charge in [-0.15, -0.1) is 11.8 Å². The van der Waals surface area contributed by atoms with Gasteiger partial charge in [-0.25, -0.2) is 4.79 Å². The summed E-state index contributed by atoms with van der Waals surface area (Å²) < 4.78 is 6.85. The molecule has 0 aliphatic rings. The first kappa shape index (κ1) is 16.2.